The second-order valence-corrected chi connectivity index (χ2v) is 5.90. The van der Waals surface area contributed by atoms with Gasteiger partial charge in [-0.15, -0.1) is 5.10 Å². The number of carboxylic acid groups (broad SMARTS) is 1. The van der Waals surface area contributed by atoms with Gasteiger partial charge in [0.15, 0.2) is 5.82 Å². The standard InChI is InChI=1S/C15H23N3O3/c1-4-5-15(14(20)21)6-7-18(9-12(15)19)13-11(3)10(2)8-16-17-13/h8,12,19H,4-7,9H2,1-3H3,(H,20,21)/t12-,15+/m1/s1. The van der Waals surface area contributed by atoms with E-state index in [-0.39, 0.29) is 6.54 Å². The normalized spacial score (nSPS) is 25.9. The number of nitrogens with zero attached hydrogens (tertiary/aromatic N) is 3. The third-order valence-corrected chi connectivity index (χ3v) is 4.61. The summed E-state index contributed by atoms with van der Waals surface area (Å²) in [5.74, 6) is -0.159. The van der Waals surface area contributed by atoms with E-state index in [0.717, 1.165) is 23.4 Å². The summed E-state index contributed by atoms with van der Waals surface area (Å²) in [5, 5.41) is 28.1. The highest BCUT2D eigenvalue weighted by atomic mass is 16.4. The van der Waals surface area contributed by atoms with Gasteiger partial charge in [0.2, 0.25) is 0 Å². The van der Waals surface area contributed by atoms with Crippen molar-refractivity contribution in [2.45, 2.75) is 46.1 Å². The van der Waals surface area contributed by atoms with Crippen LogP contribution in [0.5, 0.6) is 0 Å². The summed E-state index contributed by atoms with van der Waals surface area (Å²) in [5.41, 5.74) is 1.03. The van der Waals surface area contributed by atoms with Crippen molar-refractivity contribution in [1.29, 1.82) is 0 Å². The lowest BCUT2D eigenvalue weighted by Crippen LogP contribution is -2.55. The largest absolute Gasteiger partial charge is 0.481 e. The van der Waals surface area contributed by atoms with Crippen molar-refractivity contribution in [3.8, 4) is 0 Å². The molecule has 6 nitrogen and oxygen atoms in total. The van der Waals surface area contributed by atoms with Gasteiger partial charge >= 0.3 is 5.97 Å². The number of anilines is 1. The number of β-amino-alcohol motifs (C(OH)–C–C–N with tert-alkyl or cyclic N) is 1. The summed E-state index contributed by atoms with van der Waals surface area (Å²) in [6.45, 7) is 6.73. The van der Waals surface area contributed by atoms with Crippen LogP contribution in [-0.4, -0.2) is 45.6 Å². The molecule has 0 spiro atoms. The van der Waals surface area contributed by atoms with E-state index in [4.69, 9.17) is 0 Å². The first-order chi connectivity index (χ1) is 9.92. The van der Waals surface area contributed by atoms with Crippen molar-refractivity contribution < 1.29 is 15.0 Å². The van der Waals surface area contributed by atoms with Crippen LogP contribution < -0.4 is 4.90 Å². The molecule has 2 N–H and O–H groups in total. The Balaban J connectivity index is 2.24. The topological polar surface area (TPSA) is 86.5 Å². The van der Waals surface area contributed by atoms with Gasteiger partial charge in [-0.1, -0.05) is 13.3 Å². The summed E-state index contributed by atoms with van der Waals surface area (Å²) < 4.78 is 0. The Hall–Kier alpha value is -1.69. The average molecular weight is 293 g/mol. The zero-order valence-electron chi connectivity index (χ0n) is 12.8. The quantitative estimate of drug-likeness (QED) is 0.875. The molecule has 0 amide bonds. The second kappa shape index (κ2) is 5.97. The van der Waals surface area contributed by atoms with Crippen molar-refractivity contribution in [3.63, 3.8) is 0 Å². The number of aliphatic hydroxyl groups excluding tert-OH is 1. The van der Waals surface area contributed by atoms with Gasteiger partial charge in [-0.05, 0) is 37.8 Å². The number of aliphatic carboxylic acids is 1. The molecule has 1 aromatic rings. The number of carbonyl (C=O) groups is 1. The first-order valence-corrected chi connectivity index (χ1v) is 7.37. The van der Waals surface area contributed by atoms with Crippen LogP contribution in [0.2, 0.25) is 0 Å². The molecule has 1 aromatic heterocycles. The summed E-state index contributed by atoms with van der Waals surface area (Å²) in [6, 6.07) is 0. The van der Waals surface area contributed by atoms with E-state index < -0.39 is 17.5 Å². The van der Waals surface area contributed by atoms with Crippen molar-refractivity contribution >= 4 is 11.8 Å². The van der Waals surface area contributed by atoms with E-state index in [1.54, 1.807) is 6.20 Å². The fourth-order valence-corrected chi connectivity index (χ4v) is 3.08. The van der Waals surface area contributed by atoms with E-state index >= 15 is 0 Å². The molecule has 1 fully saturated rings. The summed E-state index contributed by atoms with van der Waals surface area (Å²) in [7, 11) is 0. The highest BCUT2D eigenvalue weighted by molar-refractivity contribution is 5.76. The molecular formula is C15H23N3O3. The third-order valence-electron chi connectivity index (χ3n) is 4.61. The van der Waals surface area contributed by atoms with Gasteiger partial charge < -0.3 is 15.1 Å². The molecule has 116 valence electrons. The van der Waals surface area contributed by atoms with Gasteiger partial charge in [0, 0.05) is 13.1 Å². The number of hydrogen-bond acceptors (Lipinski definition) is 5. The van der Waals surface area contributed by atoms with Crippen LogP contribution in [0.15, 0.2) is 6.20 Å². The lowest BCUT2D eigenvalue weighted by Gasteiger charge is -2.43. The molecule has 0 aliphatic carbocycles. The van der Waals surface area contributed by atoms with Crippen LogP contribution in [0.4, 0.5) is 5.82 Å². The third kappa shape index (κ3) is 2.72. The predicted molar refractivity (Wildman–Crippen MR) is 79.3 cm³/mol. The summed E-state index contributed by atoms with van der Waals surface area (Å²) in [6.07, 6.45) is 2.47. The monoisotopic (exact) mass is 293 g/mol. The molecule has 1 saturated heterocycles. The first kappa shape index (κ1) is 15.7. The molecule has 0 unspecified atom stereocenters. The number of piperidine rings is 1. The number of aryl methyl sites for hydroxylation is 1. The second-order valence-electron chi connectivity index (χ2n) is 5.90. The molecule has 2 heterocycles. The average Bonchev–Trinajstić information content (AvgIpc) is 2.44. The van der Waals surface area contributed by atoms with E-state index in [9.17, 15) is 15.0 Å². The Kier molecular flexibility index (Phi) is 4.46. The van der Waals surface area contributed by atoms with Crippen LogP contribution in [0.3, 0.4) is 0 Å². The first-order valence-electron chi connectivity index (χ1n) is 7.37. The molecule has 0 saturated carbocycles. The van der Waals surface area contributed by atoms with Crippen molar-refractivity contribution in [1.82, 2.24) is 10.2 Å². The molecule has 2 atom stereocenters. The van der Waals surface area contributed by atoms with Gasteiger partial charge in [0.05, 0.1) is 17.7 Å². The van der Waals surface area contributed by atoms with E-state index in [1.807, 2.05) is 25.7 Å². The van der Waals surface area contributed by atoms with Gasteiger partial charge in [0.1, 0.15) is 0 Å². The lowest BCUT2D eigenvalue weighted by molar-refractivity contribution is -0.159. The van der Waals surface area contributed by atoms with Crippen LogP contribution >= 0.6 is 0 Å². The smallest absolute Gasteiger partial charge is 0.312 e. The predicted octanol–water partition coefficient (Wildman–Crippen LogP) is 1.54. The number of aromatic nitrogens is 2. The van der Waals surface area contributed by atoms with E-state index in [1.165, 1.54) is 0 Å². The summed E-state index contributed by atoms with van der Waals surface area (Å²) in [4.78, 5) is 13.6. The fraction of sp³-hybridized carbons (Fsp3) is 0.667. The highest BCUT2D eigenvalue weighted by Crippen LogP contribution is 2.38. The van der Waals surface area contributed by atoms with Crippen molar-refractivity contribution in [3.05, 3.63) is 17.3 Å². The maximum Gasteiger partial charge on any atom is 0.312 e. The Bertz CT molecular complexity index is 535. The maximum atomic E-state index is 11.6. The van der Waals surface area contributed by atoms with E-state index in [0.29, 0.717) is 19.4 Å². The molecular weight excluding hydrogens is 270 g/mol. The fourth-order valence-electron chi connectivity index (χ4n) is 3.08. The van der Waals surface area contributed by atoms with Crippen LogP contribution in [0, 0.1) is 19.3 Å². The summed E-state index contributed by atoms with van der Waals surface area (Å²) >= 11 is 0. The number of rotatable bonds is 4. The van der Waals surface area contributed by atoms with Crippen molar-refractivity contribution in [2.24, 2.45) is 5.41 Å². The van der Waals surface area contributed by atoms with Gasteiger partial charge in [-0.2, -0.15) is 5.10 Å². The zero-order valence-corrected chi connectivity index (χ0v) is 12.8. The molecule has 6 heteroatoms. The van der Waals surface area contributed by atoms with Crippen molar-refractivity contribution in [2.75, 3.05) is 18.0 Å². The molecule has 0 radical (unpaired) electrons. The Labute approximate surface area is 124 Å². The molecule has 1 aliphatic heterocycles. The number of carboxylic acids is 1. The number of hydrogen-bond donors (Lipinski definition) is 2. The molecule has 2 rings (SSSR count). The minimum absolute atomic E-state index is 0.283. The molecule has 0 bridgehead atoms. The Morgan fingerprint density at radius 1 is 1.52 bits per heavy atom. The van der Waals surface area contributed by atoms with Gasteiger partial charge in [-0.3, -0.25) is 4.79 Å². The minimum atomic E-state index is -1.03. The minimum Gasteiger partial charge on any atom is -0.481 e. The Morgan fingerprint density at radius 2 is 2.24 bits per heavy atom. The molecule has 1 aliphatic rings. The number of aliphatic hydroxyl groups is 1. The molecule has 0 aromatic carbocycles. The van der Waals surface area contributed by atoms with E-state index in [2.05, 4.69) is 10.2 Å². The zero-order chi connectivity index (χ0) is 15.6. The lowest BCUT2D eigenvalue weighted by atomic mass is 9.73. The van der Waals surface area contributed by atoms with Crippen LogP contribution in [0.25, 0.3) is 0 Å². The van der Waals surface area contributed by atoms with Gasteiger partial charge in [0.25, 0.3) is 0 Å². The SMILES string of the molecule is CCC[C@]1(C(=O)O)CCN(c2nncc(C)c2C)C[C@H]1O. The van der Waals surface area contributed by atoms with Gasteiger partial charge in [-0.25, -0.2) is 0 Å². The maximum absolute atomic E-state index is 11.6. The highest BCUT2D eigenvalue weighted by Gasteiger charge is 2.48. The van der Waals surface area contributed by atoms with Crippen LogP contribution in [0.1, 0.15) is 37.3 Å². The van der Waals surface area contributed by atoms with Crippen LogP contribution in [-0.2, 0) is 4.79 Å². The molecule has 21 heavy (non-hydrogen) atoms. The Morgan fingerprint density at radius 3 is 2.81 bits per heavy atom.